The third kappa shape index (κ3) is 1.91. The van der Waals surface area contributed by atoms with Gasteiger partial charge < -0.3 is 9.55 Å². The maximum Gasteiger partial charge on any atom is 0.252 e. The predicted octanol–water partition coefficient (Wildman–Crippen LogP) is 2.23. The molecule has 0 radical (unpaired) electrons. The molecule has 1 aromatic carbocycles. The van der Waals surface area contributed by atoms with Gasteiger partial charge in [-0.1, -0.05) is 0 Å². The molecular formula is C12H10IN3O2S. The number of carbonyl (C=O) groups excluding carboxylic acids is 2. The molecule has 1 unspecified atom stereocenters. The summed E-state index contributed by atoms with van der Waals surface area (Å²) in [6, 6.07) is 5.30. The number of hydrogen-bond acceptors (Lipinski definition) is 3. The molecular weight excluding hydrogens is 377 g/mol. The van der Waals surface area contributed by atoms with Crippen molar-refractivity contribution in [3.8, 4) is 0 Å². The first-order chi connectivity index (χ1) is 8.99. The first-order valence-corrected chi connectivity index (χ1v) is 7.18. The van der Waals surface area contributed by atoms with E-state index in [4.69, 9.17) is 12.2 Å². The van der Waals surface area contributed by atoms with Crippen molar-refractivity contribution in [3.63, 3.8) is 0 Å². The first kappa shape index (κ1) is 12.8. The van der Waals surface area contributed by atoms with Crippen LogP contribution in [0.25, 0.3) is 11.0 Å². The van der Waals surface area contributed by atoms with Crippen molar-refractivity contribution in [2.75, 3.05) is 7.05 Å². The lowest BCUT2D eigenvalue weighted by atomic mass is 10.2. The third-order valence-electron chi connectivity index (χ3n) is 3.35. The van der Waals surface area contributed by atoms with Crippen molar-refractivity contribution in [2.24, 2.45) is 0 Å². The summed E-state index contributed by atoms with van der Waals surface area (Å²) in [4.78, 5) is 28.0. The number of carbonyl (C=O) groups is 2. The number of likely N-dealkylation sites (N-methyl/N-ethyl adjacent to an activating group) is 1. The Morgan fingerprint density at radius 2 is 2.16 bits per heavy atom. The van der Waals surface area contributed by atoms with E-state index in [1.54, 1.807) is 4.57 Å². The molecule has 98 valence electrons. The van der Waals surface area contributed by atoms with E-state index in [1.165, 1.54) is 7.05 Å². The van der Waals surface area contributed by atoms with Gasteiger partial charge in [-0.05, 0) is 53.0 Å². The quantitative estimate of drug-likeness (QED) is 0.464. The average Bonchev–Trinajstić information content (AvgIpc) is 2.80. The summed E-state index contributed by atoms with van der Waals surface area (Å²) in [6.45, 7) is 0. The summed E-state index contributed by atoms with van der Waals surface area (Å²) in [5, 5.41) is 0. The van der Waals surface area contributed by atoms with E-state index in [2.05, 4.69) is 27.6 Å². The van der Waals surface area contributed by atoms with Crippen LogP contribution >= 0.6 is 34.8 Å². The highest BCUT2D eigenvalue weighted by atomic mass is 127. The molecule has 2 aromatic rings. The molecule has 1 fully saturated rings. The number of imide groups is 1. The Hall–Kier alpha value is -1.22. The lowest BCUT2D eigenvalue weighted by Gasteiger charge is -2.11. The molecule has 0 saturated carbocycles. The molecule has 0 aliphatic carbocycles. The van der Waals surface area contributed by atoms with Crippen molar-refractivity contribution in [1.29, 1.82) is 0 Å². The van der Waals surface area contributed by atoms with Crippen molar-refractivity contribution < 1.29 is 9.59 Å². The zero-order valence-electron chi connectivity index (χ0n) is 10.0. The zero-order valence-corrected chi connectivity index (χ0v) is 13.0. The number of amides is 2. The topological polar surface area (TPSA) is 58.1 Å². The zero-order chi connectivity index (χ0) is 13.7. The number of nitrogens with one attached hydrogen (secondary N) is 1. The second-order valence-corrected chi connectivity index (χ2v) is 6.10. The van der Waals surface area contributed by atoms with E-state index in [0.29, 0.717) is 4.77 Å². The van der Waals surface area contributed by atoms with Gasteiger partial charge in [0, 0.05) is 10.6 Å². The number of H-pyrrole nitrogens is 1. The normalized spacial score (nSPS) is 19.7. The molecule has 0 spiro atoms. The van der Waals surface area contributed by atoms with Crippen LogP contribution < -0.4 is 0 Å². The molecule has 1 saturated heterocycles. The largest absolute Gasteiger partial charge is 0.331 e. The smallest absolute Gasteiger partial charge is 0.252 e. The van der Waals surface area contributed by atoms with Crippen LogP contribution in [0.4, 0.5) is 0 Å². The molecule has 19 heavy (non-hydrogen) atoms. The van der Waals surface area contributed by atoms with Gasteiger partial charge in [0.1, 0.15) is 6.04 Å². The minimum Gasteiger partial charge on any atom is -0.331 e. The van der Waals surface area contributed by atoms with Crippen molar-refractivity contribution in [1.82, 2.24) is 14.5 Å². The number of benzene rings is 1. The summed E-state index contributed by atoms with van der Waals surface area (Å²) < 4.78 is 3.29. The number of likely N-dealkylation sites (tertiary alicyclic amines) is 1. The Morgan fingerprint density at radius 3 is 2.79 bits per heavy atom. The fourth-order valence-corrected chi connectivity index (χ4v) is 3.18. The molecule has 1 aliphatic rings. The van der Waals surface area contributed by atoms with Crippen LogP contribution in [-0.2, 0) is 9.59 Å². The summed E-state index contributed by atoms with van der Waals surface area (Å²) in [5.74, 6) is -0.377. The minimum absolute atomic E-state index is 0.169. The van der Waals surface area contributed by atoms with Gasteiger partial charge >= 0.3 is 0 Å². The van der Waals surface area contributed by atoms with E-state index in [9.17, 15) is 9.59 Å². The lowest BCUT2D eigenvalue weighted by Crippen LogP contribution is -2.26. The Morgan fingerprint density at radius 1 is 1.42 bits per heavy atom. The second-order valence-electron chi connectivity index (χ2n) is 4.47. The number of aromatic amines is 1. The van der Waals surface area contributed by atoms with Crippen LogP contribution in [-0.4, -0.2) is 33.3 Å². The molecule has 2 heterocycles. The molecule has 1 aromatic heterocycles. The van der Waals surface area contributed by atoms with Crippen LogP contribution in [0.15, 0.2) is 18.2 Å². The fraction of sp³-hybridized carbons (Fsp3) is 0.250. The van der Waals surface area contributed by atoms with Gasteiger partial charge in [-0.15, -0.1) is 0 Å². The molecule has 0 bridgehead atoms. The standard InChI is InChI=1S/C12H10IN3O2S/c1-15-10(17)5-9(11(15)18)16-8-3-2-6(13)4-7(8)14-12(16)19/h2-4,9H,5H2,1H3,(H,14,19). The Kier molecular flexibility index (Phi) is 2.97. The Bertz CT molecular complexity index is 764. The van der Waals surface area contributed by atoms with Gasteiger partial charge in [0.15, 0.2) is 4.77 Å². The summed E-state index contributed by atoms with van der Waals surface area (Å²) in [6.07, 6.45) is 0.169. The average molecular weight is 387 g/mol. The molecule has 1 atom stereocenters. The molecule has 1 N–H and O–H groups in total. The first-order valence-electron chi connectivity index (χ1n) is 5.69. The van der Waals surface area contributed by atoms with E-state index in [-0.39, 0.29) is 18.2 Å². The maximum absolute atomic E-state index is 12.1. The predicted molar refractivity (Wildman–Crippen MR) is 81.3 cm³/mol. The molecule has 2 amide bonds. The molecule has 7 heteroatoms. The van der Waals surface area contributed by atoms with Gasteiger partial charge in [0.25, 0.3) is 5.91 Å². The Balaban J connectivity index is 2.21. The Labute approximate surface area is 127 Å². The number of fused-ring (bicyclic) bond motifs is 1. The van der Waals surface area contributed by atoms with Crippen LogP contribution in [0.2, 0.25) is 0 Å². The van der Waals surface area contributed by atoms with E-state index in [1.807, 2.05) is 18.2 Å². The van der Waals surface area contributed by atoms with Crippen molar-refractivity contribution in [3.05, 3.63) is 26.5 Å². The van der Waals surface area contributed by atoms with Crippen molar-refractivity contribution in [2.45, 2.75) is 12.5 Å². The number of nitrogens with zero attached hydrogens (tertiary/aromatic N) is 2. The summed E-state index contributed by atoms with van der Waals surface area (Å²) >= 11 is 7.50. The van der Waals surface area contributed by atoms with E-state index >= 15 is 0 Å². The maximum atomic E-state index is 12.1. The van der Waals surface area contributed by atoms with Gasteiger partial charge in [0.2, 0.25) is 5.91 Å². The lowest BCUT2D eigenvalue weighted by molar-refractivity contribution is -0.137. The third-order valence-corrected chi connectivity index (χ3v) is 4.32. The number of aromatic nitrogens is 2. The van der Waals surface area contributed by atoms with E-state index < -0.39 is 6.04 Å². The van der Waals surface area contributed by atoms with Crippen LogP contribution in [0.5, 0.6) is 0 Å². The van der Waals surface area contributed by atoms with Crippen LogP contribution in [0.3, 0.4) is 0 Å². The van der Waals surface area contributed by atoms with Crippen LogP contribution in [0.1, 0.15) is 12.5 Å². The van der Waals surface area contributed by atoms with Gasteiger partial charge in [-0.3, -0.25) is 14.5 Å². The van der Waals surface area contributed by atoms with Gasteiger partial charge in [-0.25, -0.2) is 0 Å². The SMILES string of the molecule is CN1C(=O)CC(n2c(=S)[nH]c3cc(I)ccc32)C1=O. The van der Waals surface area contributed by atoms with E-state index in [0.717, 1.165) is 19.5 Å². The highest BCUT2D eigenvalue weighted by Crippen LogP contribution is 2.28. The molecule has 1 aliphatic heterocycles. The van der Waals surface area contributed by atoms with Gasteiger partial charge in [0.05, 0.1) is 17.5 Å². The van der Waals surface area contributed by atoms with Crippen LogP contribution in [0, 0.1) is 8.34 Å². The number of imidazole rings is 1. The number of hydrogen-bond donors (Lipinski definition) is 1. The summed E-state index contributed by atoms with van der Waals surface area (Å²) in [7, 11) is 1.51. The molecule has 3 rings (SSSR count). The minimum atomic E-state index is -0.529. The highest BCUT2D eigenvalue weighted by molar-refractivity contribution is 14.1. The molecule has 5 nitrogen and oxygen atoms in total. The fourth-order valence-electron chi connectivity index (χ4n) is 2.35. The monoisotopic (exact) mass is 387 g/mol. The van der Waals surface area contributed by atoms with Gasteiger partial charge in [-0.2, -0.15) is 0 Å². The summed E-state index contributed by atoms with van der Waals surface area (Å²) in [5.41, 5.74) is 1.73. The second kappa shape index (κ2) is 4.41. The number of rotatable bonds is 1. The highest BCUT2D eigenvalue weighted by Gasteiger charge is 2.38. The van der Waals surface area contributed by atoms with Crippen molar-refractivity contribution >= 4 is 57.7 Å². The number of halogens is 1.